The van der Waals surface area contributed by atoms with E-state index >= 15 is 0 Å². The van der Waals surface area contributed by atoms with Crippen molar-refractivity contribution in [3.63, 3.8) is 0 Å². The fourth-order valence-corrected chi connectivity index (χ4v) is 1.72. The number of oxazole rings is 1. The van der Waals surface area contributed by atoms with Crippen molar-refractivity contribution in [2.75, 3.05) is 14.2 Å². The van der Waals surface area contributed by atoms with Crippen LogP contribution in [-0.4, -0.2) is 19.2 Å². The van der Waals surface area contributed by atoms with E-state index in [1.165, 1.54) is 0 Å². The monoisotopic (exact) mass is 305 g/mol. The van der Waals surface area contributed by atoms with Gasteiger partial charge in [0.05, 0.1) is 14.2 Å². The van der Waals surface area contributed by atoms with Crippen molar-refractivity contribution in [1.82, 2.24) is 4.98 Å². The first-order valence-corrected chi connectivity index (χ1v) is 5.00. The molecule has 0 N–H and O–H groups in total. The largest absolute Gasteiger partial charge is 0.493 e. The van der Waals surface area contributed by atoms with Crippen LogP contribution in [0.15, 0.2) is 16.5 Å². The first-order valence-electron chi connectivity index (χ1n) is 3.92. The van der Waals surface area contributed by atoms with Crippen LogP contribution < -0.4 is 9.47 Å². The molecule has 5 heteroatoms. The van der Waals surface area contributed by atoms with Gasteiger partial charge in [0, 0.05) is 34.7 Å². The third-order valence-electron chi connectivity index (χ3n) is 1.87. The molecule has 0 amide bonds. The number of aromatic nitrogens is 1. The second-order valence-electron chi connectivity index (χ2n) is 2.64. The number of hydrogen-bond acceptors (Lipinski definition) is 4. The van der Waals surface area contributed by atoms with Crippen LogP contribution in [0.1, 0.15) is 0 Å². The Morgan fingerprint density at radius 1 is 1.21 bits per heavy atom. The van der Waals surface area contributed by atoms with Gasteiger partial charge in [0.25, 0.3) is 3.90 Å². The van der Waals surface area contributed by atoms with Gasteiger partial charge in [-0.2, -0.15) is 0 Å². The summed E-state index contributed by atoms with van der Waals surface area (Å²) in [4.78, 5) is 4.18. The Bertz CT molecular complexity index is 425. The standard InChI is InChI=1S/C9H8INO3/c1-12-7-3-5-6(4-8(7)13-2)14-9(10)11-5/h3-4H,1-2H3. The highest BCUT2D eigenvalue weighted by atomic mass is 127. The molecule has 0 aliphatic heterocycles. The van der Waals surface area contributed by atoms with Gasteiger partial charge in [-0.25, -0.2) is 4.98 Å². The summed E-state index contributed by atoms with van der Waals surface area (Å²) in [5.74, 6) is 1.30. The van der Waals surface area contributed by atoms with E-state index in [4.69, 9.17) is 13.9 Å². The summed E-state index contributed by atoms with van der Waals surface area (Å²) < 4.78 is 16.2. The van der Waals surface area contributed by atoms with Crippen LogP contribution in [0.2, 0.25) is 0 Å². The molecule has 0 bridgehead atoms. The van der Waals surface area contributed by atoms with E-state index in [2.05, 4.69) is 4.98 Å². The van der Waals surface area contributed by atoms with Gasteiger partial charge in [-0.15, -0.1) is 0 Å². The first kappa shape index (κ1) is 9.57. The maximum Gasteiger partial charge on any atom is 0.258 e. The van der Waals surface area contributed by atoms with Crippen molar-refractivity contribution >= 4 is 33.7 Å². The Balaban J connectivity index is 2.68. The molecular weight excluding hydrogens is 297 g/mol. The predicted octanol–water partition coefficient (Wildman–Crippen LogP) is 2.45. The summed E-state index contributed by atoms with van der Waals surface area (Å²) >= 11 is 2.02. The van der Waals surface area contributed by atoms with Crippen LogP contribution in [-0.2, 0) is 0 Å². The van der Waals surface area contributed by atoms with E-state index in [0.717, 1.165) is 5.52 Å². The molecule has 14 heavy (non-hydrogen) atoms. The highest BCUT2D eigenvalue weighted by molar-refractivity contribution is 14.1. The molecule has 0 saturated carbocycles. The van der Waals surface area contributed by atoms with E-state index in [-0.39, 0.29) is 0 Å². The number of methoxy groups -OCH3 is 2. The summed E-state index contributed by atoms with van der Waals surface area (Å²) in [6.45, 7) is 0. The van der Waals surface area contributed by atoms with E-state index < -0.39 is 0 Å². The molecule has 1 aromatic carbocycles. The highest BCUT2D eigenvalue weighted by Gasteiger charge is 2.10. The number of ether oxygens (including phenoxy) is 2. The van der Waals surface area contributed by atoms with Gasteiger partial charge < -0.3 is 13.9 Å². The van der Waals surface area contributed by atoms with Crippen LogP contribution >= 0.6 is 22.6 Å². The lowest BCUT2D eigenvalue weighted by Gasteiger charge is -2.05. The summed E-state index contributed by atoms with van der Waals surface area (Å²) in [5.41, 5.74) is 1.47. The number of halogens is 1. The fourth-order valence-electron chi connectivity index (χ4n) is 1.23. The number of hydrogen-bond donors (Lipinski definition) is 0. The Morgan fingerprint density at radius 3 is 2.50 bits per heavy atom. The van der Waals surface area contributed by atoms with E-state index in [0.29, 0.717) is 21.0 Å². The molecule has 0 unspecified atom stereocenters. The molecule has 74 valence electrons. The Morgan fingerprint density at radius 2 is 1.86 bits per heavy atom. The van der Waals surface area contributed by atoms with Crippen molar-refractivity contribution < 1.29 is 13.9 Å². The van der Waals surface area contributed by atoms with Gasteiger partial charge in [-0.05, 0) is 0 Å². The lowest BCUT2D eigenvalue weighted by Crippen LogP contribution is -1.89. The van der Waals surface area contributed by atoms with Crippen LogP contribution in [0.5, 0.6) is 11.5 Å². The van der Waals surface area contributed by atoms with Crippen molar-refractivity contribution in [2.24, 2.45) is 0 Å². The van der Waals surface area contributed by atoms with Gasteiger partial charge in [0.15, 0.2) is 17.1 Å². The molecule has 1 aromatic heterocycles. The summed E-state index contributed by atoms with van der Waals surface area (Å²) in [6.07, 6.45) is 0. The van der Waals surface area contributed by atoms with Crippen molar-refractivity contribution in [2.45, 2.75) is 0 Å². The molecule has 0 aliphatic rings. The molecule has 0 fully saturated rings. The smallest absolute Gasteiger partial charge is 0.258 e. The number of fused-ring (bicyclic) bond motifs is 1. The minimum Gasteiger partial charge on any atom is -0.493 e. The molecule has 1 heterocycles. The van der Waals surface area contributed by atoms with Crippen LogP contribution in [0.3, 0.4) is 0 Å². The molecule has 4 nitrogen and oxygen atoms in total. The summed E-state index contributed by atoms with van der Waals surface area (Å²) in [7, 11) is 3.18. The number of nitrogens with zero attached hydrogens (tertiary/aromatic N) is 1. The van der Waals surface area contributed by atoms with Gasteiger partial charge >= 0.3 is 0 Å². The van der Waals surface area contributed by atoms with E-state index in [1.54, 1.807) is 26.4 Å². The topological polar surface area (TPSA) is 44.5 Å². The van der Waals surface area contributed by atoms with Crippen molar-refractivity contribution in [1.29, 1.82) is 0 Å². The summed E-state index contributed by atoms with van der Waals surface area (Å²) in [6, 6.07) is 3.56. The average Bonchev–Trinajstić information content (AvgIpc) is 2.54. The van der Waals surface area contributed by atoms with Gasteiger partial charge in [-0.1, -0.05) is 0 Å². The second kappa shape index (κ2) is 3.64. The SMILES string of the molecule is COc1cc2nc(I)oc2cc1OC. The van der Waals surface area contributed by atoms with Gasteiger partial charge in [0.2, 0.25) is 0 Å². The Hall–Kier alpha value is -0.980. The fraction of sp³-hybridized carbons (Fsp3) is 0.222. The number of benzene rings is 1. The third-order valence-corrected chi connectivity index (χ3v) is 2.33. The van der Waals surface area contributed by atoms with Gasteiger partial charge in [-0.3, -0.25) is 0 Å². The van der Waals surface area contributed by atoms with Crippen LogP contribution in [0, 0.1) is 3.90 Å². The molecular formula is C9H8INO3. The van der Waals surface area contributed by atoms with Crippen molar-refractivity contribution in [3.05, 3.63) is 16.0 Å². The van der Waals surface area contributed by atoms with Crippen LogP contribution in [0.25, 0.3) is 11.1 Å². The Kier molecular flexibility index (Phi) is 2.49. The number of rotatable bonds is 2. The second-order valence-corrected chi connectivity index (χ2v) is 3.56. The van der Waals surface area contributed by atoms with E-state index in [1.807, 2.05) is 22.6 Å². The highest BCUT2D eigenvalue weighted by Crippen LogP contribution is 2.32. The zero-order chi connectivity index (χ0) is 10.1. The maximum atomic E-state index is 5.35. The lowest BCUT2D eigenvalue weighted by molar-refractivity contribution is 0.355. The molecule has 0 radical (unpaired) electrons. The predicted molar refractivity (Wildman–Crippen MR) is 59.8 cm³/mol. The third kappa shape index (κ3) is 1.52. The quantitative estimate of drug-likeness (QED) is 0.800. The van der Waals surface area contributed by atoms with Crippen LogP contribution in [0.4, 0.5) is 0 Å². The minimum atomic E-state index is 0.605. The first-order chi connectivity index (χ1) is 6.74. The van der Waals surface area contributed by atoms with E-state index in [9.17, 15) is 0 Å². The Labute approximate surface area is 94.3 Å². The van der Waals surface area contributed by atoms with Crippen molar-refractivity contribution in [3.8, 4) is 11.5 Å². The molecule has 0 aliphatic carbocycles. The summed E-state index contributed by atoms with van der Waals surface area (Å²) in [5, 5.41) is 0. The minimum absolute atomic E-state index is 0.605. The molecule has 2 aromatic rings. The lowest BCUT2D eigenvalue weighted by atomic mass is 10.3. The zero-order valence-corrected chi connectivity index (χ0v) is 9.86. The average molecular weight is 305 g/mol. The van der Waals surface area contributed by atoms with Gasteiger partial charge in [0.1, 0.15) is 5.52 Å². The maximum absolute atomic E-state index is 5.35. The molecule has 0 spiro atoms. The normalized spacial score (nSPS) is 10.5. The molecule has 0 saturated heterocycles. The molecule has 0 atom stereocenters. The molecule has 2 rings (SSSR count). The zero-order valence-electron chi connectivity index (χ0n) is 7.70.